The molecule has 1 saturated heterocycles. The van der Waals surface area contributed by atoms with E-state index in [2.05, 4.69) is 10.3 Å². The number of benzene rings is 3. The van der Waals surface area contributed by atoms with E-state index in [1.165, 1.54) is 7.11 Å². The Morgan fingerprint density at radius 2 is 1.72 bits per heavy atom. The van der Waals surface area contributed by atoms with Gasteiger partial charge in [-0.25, -0.2) is 4.79 Å². The number of rotatable bonds is 7. The fraction of sp³-hybridized carbons (Fsp3) is 0.273. The Bertz CT molecular complexity index is 1810. The largest absolute Gasteiger partial charge is 0.462 e. The van der Waals surface area contributed by atoms with E-state index >= 15 is 0 Å². The molecule has 5 aromatic rings. The van der Waals surface area contributed by atoms with Crippen LogP contribution in [-0.2, 0) is 15.9 Å². The van der Waals surface area contributed by atoms with Crippen LogP contribution in [0.25, 0.3) is 21.9 Å². The second kappa shape index (κ2) is 11.3. The minimum absolute atomic E-state index is 0.0167. The summed E-state index contributed by atoms with van der Waals surface area (Å²) in [6.45, 7) is 3.48. The van der Waals surface area contributed by atoms with Crippen LogP contribution < -0.4 is 15.7 Å². The van der Waals surface area contributed by atoms with Gasteiger partial charge in [0.1, 0.15) is 41.0 Å². The van der Waals surface area contributed by atoms with Crippen LogP contribution in [0.5, 0.6) is 5.75 Å². The molecule has 3 unspecified atom stereocenters. The first-order valence-corrected chi connectivity index (χ1v) is 13.9. The molecule has 2 aromatic heterocycles. The molecule has 3 aromatic carbocycles. The number of fused-ring (bicyclic) bond motifs is 2. The standard InChI is InChI=1S/C33H32N2O8/c1-33(2)29(40-3)26(36)27(37)32(43-33)41-25-14-13-20-17-24(35-30(38)23-16-19-11-7-8-12-22(19)34-23)31(39)42-28(20)21(25)15-18-9-5-4-6-10-18/h4-14,16-17,26-27,29,32,34,36-37H,15H2,1-3H3,(H,35,38)/t26?,27?,29?,32-/m1/s1. The van der Waals surface area contributed by atoms with E-state index in [-0.39, 0.29) is 11.3 Å². The number of aromatic nitrogens is 1. The second-order valence-corrected chi connectivity index (χ2v) is 11.1. The zero-order valence-corrected chi connectivity index (χ0v) is 23.9. The van der Waals surface area contributed by atoms with E-state index in [1.54, 1.807) is 38.1 Å². The van der Waals surface area contributed by atoms with Gasteiger partial charge in [0, 0.05) is 35.4 Å². The number of anilines is 1. The molecule has 0 aliphatic carbocycles. The molecule has 43 heavy (non-hydrogen) atoms. The predicted molar refractivity (Wildman–Crippen MR) is 160 cm³/mol. The Morgan fingerprint density at radius 3 is 2.47 bits per heavy atom. The van der Waals surface area contributed by atoms with Crippen LogP contribution in [0.4, 0.5) is 5.69 Å². The molecule has 0 saturated carbocycles. The van der Waals surface area contributed by atoms with E-state index in [1.807, 2.05) is 54.6 Å². The van der Waals surface area contributed by atoms with Crippen LogP contribution in [0.1, 0.15) is 35.5 Å². The Kier molecular flexibility index (Phi) is 7.53. The number of carbonyl (C=O) groups excluding carboxylic acids is 1. The number of nitrogens with one attached hydrogen (secondary N) is 2. The normalized spacial score (nSPS) is 21.6. The zero-order valence-electron chi connectivity index (χ0n) is 23.9. The van der Waals surface area contributed by atoms with Crippen LogP contribution >= 0.6 is 0 Å². The Labute approximate surface area is 246 Å². The topological polar surface area (TPSA) is 143 Å². The summed E-state index contributed by atoms with van der Waals surface area (Å²) in [6, 6.07) is 23.7. The molecule has 10 heteroatoms. The average molecular weight is 585 g/mol. The maximum absolute atomic E-state index is 13.2. The quantitative estimate of drug-likeness (QED) is 0.207. The highest BCUT2D eigenvalue weighted by atomic mass is 16.7. The number of carbonyl (C=O) groups is 1. The van der Waals surface area contributed by atoms with Crippen molar-refractivity contribution in [2.24, 2.45) is 0 Å². The Morgan fingerprint density at radius 1 is 0.977 bits per heavy atom. The van der Waals surface area contributed by atoms with Crippen LogP contribution in [0.2, 0.25) is 0 Å². The molecular weight excluding hydrogens is 552 g/mol. The lowest BCUT2D eigenvalue weighted by Gasteiger charge is -2.46. The van der Waals surface area contributed by atoms with Crippen molar-refractivity contribution in [2.45, 2.75) is 50.5 Å². The zero-order chi connectivity index (χ0) is 30.3. The summed E-state index contributed by atoms with van der Waals surface area (Å²) in [5.41, 5.74) is 1.09. The Balaban J connectivity index is 1.36. The van der Waals surface area contributed by atoms with Gasteiger partial charge >= 0.3 is 5.63 Å². The van der Waals surface area contributed by atoms with Gasteiger partial charge in [0.25, 0.3) is 5.91 Å². The molecule has 1 fully saturated rings. The monoisotopic (exact) mass is 584 g/mol. The number of aliphatic hydroxyl groups excluding tert-OH is 2. The fourth-order valence-corrected chi connectivity index (χ4v) is 5.60. The molecule has 1 aliphatic heterocycles. The number of hydrogen-bond acceptors (Lipinski definition) is 8. The highest BCUT2D eigenvalue weighted by Crippen LogP contribution is 2.36. The van der Waals surface area contributed by atoms with Crippen LogP contribution in [0.15, 0.2) is 88.1 Å². The van der Waals surface area contributed by atoms with Gasteiger partial charge in [-0.2, -0.15) is 0 Å². The molecule has 4 atom stereocenters. The third-order valence-electron chi connectivity index (χ3n) is 7.75. The first kappa shape index (κ1) is 28.6. The molecule has 222 valence electrons. The van der Waals surface area contributed by atoms with Gasteiger partial charge in [0.15, 0.2) is 0 Å². The number of aromatic amines is 1. The molecular formula is C33H32N2O8. The van der Waals surface area contributed by atoms with Gasteiger partial charge in [-0.05, 0) is 49.7 Å². The molecule has 6 rings (SSSR count). The molecule has 1 aliphatic rings. The minimum Gasteiger partial charge on any atom is -0.462 e. The summed E-state index contributed by atoms with van der Waals surface area (Å²) in [4.78, 5) is 29.2. The van der Waals surface area contributed by atoms with Gasteiger partial charge in [0.05, 0.1) is 5.60 Å². The van der Waals surface area contributed by atoms with E-state index in [0.717, 1.165) is 16.5 Å². The summed E-state index contributed by atoms with van der Waals surface area (Å²) in [7, 11) is 1.44. The predicted octanol–water partition coefficient (Wildman–Crippen LogP) is 4.37. The average Bonchev–Trinajstić information content (AvgIpc) is 3.43. The number of methoxy groups -OCH3 is 1. The van der Waals surface area contributed by atoms with Crippen molar-refractivity contribution in [3.63, 3.8) is 0 Å². The third-order valence-corrected chi connectivity index (χ3v) is 7.75. The van der Waals surface area contributed by atoms with Gasteiger partial charge in [-0.15, -0.1) is 0 Å². The summed E-state index contributed by atoms with van der Waals surface area (Å²) in [6.07, 6.45) is -4.36. The van der Waals surface area contributed by atoms with Crippen LogP contribution in [0, 0.1) is 0 Å². The summed E-state index contributed by atoms with van der Waals surface area (Å²) in [5, 5.41) is 25.6. The number of para-hydroxylation sites is 1. The fourth-order valence-electron chi connectivity index (χ4n) is 5.60. The summed E-state index contributed by atoms with van der Waals surface area (Å²) in [5.74, 6) is -0.177. The van der Waals surface area contributed by atoms with Crippen LogP contribution in [0.3, 0.4) is 0 Å². The van der Waals surface area contributed by atoms with Gasteiger partial charge in [-0.1, -0.05) is 48.5 Å². The molecule has 0 radical (unpaired) electrons. The number of H-pyrrole nitrogens is 1. The lowest BCUT2D eigenvalue weighted by molar-refractivity contribution is -0.306. The minimum atomic E-state index is -1.41. The van der Waals surface area contributed by atoms with Crippen molar-refractivity contribution in [3.05, 3.63) is 106 Å². The summed E-state index contributed by atoms with van der Waals surface area (Å²) < 4.78 is 23.4. The molecule has 10 nitrogen and oxygen atoms in total. The molecule has 3 heterocycles. The van der Waals surface area contributed by atoms with Gasteiger partial charge in [0.2, 0.25) is 6.29 Å². The first-order valence-electron chi connectivity index (χ1n) is 13.9. The van der Waals surface area contributed by atoms with Crippen molar-refractivity contribution >= 4 is 33.5 Å². The maximum atomic E-state index is 13.2. The number of hydrogen-bond donors (Lipinski definition) is 4. The van der Waals surface area contributed by atoms with E-state index in [0.29, 0.717) is 28.8 Å². The summed E-state index contributed by atoms with van der Waals surface area (Å²) >= 11 is 0. The Hall–Kier alpha value is -4.48. The lowest BCUT2D eigenvalue weighted by atomic mass is 9.89. The van der Waals surface area contributed by atoms with Crippen molar-refractivity contribution in [2.75, 3.05) is 12.4 Å². The maximum Gasteiger partial charge on any atom is 0.360 e. The van der Waals surface area contributed by atoms with Crippen molar-refractivity contribution in [3.8, 4) is 5.75 Å². The van der Waals surface area contributed by atoms with Crippen molar-refractivity contribution in [1.29, 1.82) is 0 Å². The number of amides is 1. The van der Waals surface area contributed by atoms with Crippen LogP contribution in [-0.4, -0.2) is 58.4 Å². The number of ether oxygens (including phenoxy) is 3. The van der Waals surface area contributed by atoms with E-state index < -0.39 is 41.7 Å². The molecule has 4 N–H and O–H groups in total. The van der Waals surface area contributed by atoms with E-state index in [9.17, 15) is 19.8 Å². The number of aliphatic hydroxyl groups is 2. The van der Waals surface area contributed by atoms with E-state index in [4.69, 9.17) is 18.6 Å². The molecule has 0 bridgehead atoms. The smallest absolute Gasteiger partial charge is 0.360 e. The van der Waals surface area contributed by atoms with Crippen molar-refractivity contribution < 1.29 is 33.6 Å². The van der Waals surface area contributed by atoms with Gasteiger partial charge < -0.3 is 39.1 Å². The SMILES string of the molecule is COC1C(O)C(O)[C@H](Oc2ccc3cc(NC(=O)c4cc5ccccc5[nH]4)c(=O)oc3c2Cc2ccccc2)OC1(C)C. The molecule has 1 amide bonds. The second-order valence-electron chi connectivity index (χ2n) is 11.1. The third kappa shape index (κ3) is 5.53. The van der Waals surface area contributed by atoms with Gasteiger partial charge in [-0.3, -0.25) is 4.79 Å². The highest BCUT2D eigenvalue weighted by Gasteiger charge is 2.50. The van der Waals surface area contributed by atoms with Crippen molar-refractivity contribution in [1.82, 2.24) is 4.98 Å². The molecule has 0 spiro atoms. The lowest BCUT2D eigenvalue weighted by Crippen LogP contribution is -2.63. The highest BCUT2D eigenvalue weighted by molar-refractivity contribution is 6.06. The first-order chi connectivity index (χ1) is 20.6.